The first-order valence-electron chi connectivity index (χ1n) is 5.08. The molecule has 0 saturated carbocycles. The van der Waals surface area contributed by atoms with Crippen LogP contribution < -0.4 is 5.73 Å². The van der Waals surface area contributed by atoms with E-state index in [0.717, 1.165) is 36.0 Å². The highest BCUT2D eigenvalue weighted by Gasteiger charge is 2.22. The van der Waals surface area contributed by atoms with Crippen molar-refractivity contribution in [3.05, 3.63) is 11.4 Å². The number of aromatic nitrogens is 2. The van der Waals surface area contributed by atoms with E-state index in [1.165, 1.54) is 0 Å². The van der Waals surface area contributed by atoms with Crippen LogP contribution in [0.4, 0.5) is 5.82 Å². The molecule has 1 fully saturated rings. The van der Waals surface area contributed by atoms with Gasteiger partial charge in [0, 0.05) is 12.0 Å². The zero-order valence-corrected chi connectivity index (χ0v) is 9.80. The van der Waals surface area contributed by atoms with Gasteiger partial charge < -0.3 is 10.5 Å². The summed E-state index contributed by atoms with van der Waals surface area (Å²) in [6.45, 7) is 5.63. The van der Waals surface area contributed by atoms with Crippen LogP contribution >= 0.6 is 11.8 Å². The highest BCUT2D eigenvalue weighted by Crippen LogP contribution is 2.30. The molecule has 15 heavy (non-hydrogen) atoms. The number of aryl methyl sites for hydroxylation is 1. The number of anilines is 1. The molecule has 0 amide bonds. The third-order valence-electron chi connectivity index (χ3n) is 2.39. The molecule has 1 saturated heterocycles. The Morgan fingerprint density at radius 1 is 1.47 bits per heavy atom. The van der Waals surface area contributed by atoms with Crippen LogP contribution in [0, 0.1) is 6.92 Å². The van der Waals surface area contributed by atoms with E-state index >= 15 is 0 Å². The van der Waals surface area contributed by atoms with Crippen LogP contribution in [0.15, 0.2) is 5.03 Å². The molecule has 2 rings (SSSR count). The molecule has 1 aliphatic heterocycles. The van der Waals surface area contributed by atoms with E-state index in [9.17, 15) is 0 Å². The van der Waals surface area contributed by atoms with E-state index in [-0.39, 0.29) is 0 Å². The van der Waals surface area contributed by atoms with Crippen LogP contribution in [-0.2, 0) is 11.2 Å². The maximum absolute atomic E-state index is 5.84. The molecule has 0 aromatic carbocycles. The highest BCUT2D eigenvalue weighted by atomic mass is 32.2. The minimum atomic E-state index is 0.530. The van der Waals surface area contributed by atoms with Crippen LogP contribution in [0.5, 0.6) is 0 Å². The van der Waals surface area contributed by atoms with Gasteiger partial charge in [0.2, 0.25) is 0 Å². The lowest BCUT2D eigenvalue weighted by Gasteiger charge is -2.25. The molecule has 1 aliphatic rings. The molecule has 82 valence electrons. The van der Waals surface area contributed by atoms with Gasteiger partial charge in [-0.2, -0.15) is 0 Å². The Balaban J connectivity index is 2.23. The molecule has 0 unspecified atom stereocenters. The van der Waals surface area contributed by atoms with Crippen molar-refractivity contribution >= 4 is 17.6 Å². The Morgan fingerprint density at radius 3 is 2.73 bits per heavy atom. The predicted octanol–water partition coefficient (Wildman–Crippen LogP) is 1.42. The van der Waals surface area contributed by atoms with Gasteiger partial charge in [-0.3, -0.25) is 0 Å². The van der Waals surface area contributed by atoms with Gasteiger partial charge >= 0.3 is 0 Å². The second-order valence-electron chi connectivity index (χ2n) is 3.59. The fourth-order valence-corrected chi connectivity index (χ4v) is 2.36. The lowest BCUT2D eigenvalue weighted by molar-refractivity contribution is 0.0454. The van der Waals surface area contributed by atoms with Crippen LogP contribution in [0.2, 0.25) is 0 Å². The Hall–Kier alpha value is -0.810. The molecule has 1 aromatic heterocycles. The summed E-state index contributed by atoms with van der Waals surface area (Å²) >= 11 is 1.74. The van der Waals surface area contributed by atoms with E-state index in [1.54, 1.807) is 11.8 Å². The van der Waals surface area contributed by atoms with Crippen LogP contribution in [0.1, 0.15) is 18.3 Å². The van der Waals surface area contributed by atoms with Crippen molar-refractivity contribution in [1.82, 2.24) is 9.97 Å². The van der Waals surface area contributed by atoms with E-state index in [2.05, 4.69) is 9.97 Å². The fourth-order valence-electron chi connectivity index (χ4n) is 1.27. The Labute approximate surface area is 93.6 Å². The van der Waals surface area contributed by atoms with E-state index in [4.69, 9.17) is 10.5 Å². The molecule has 4 nitrogen and oxygen atoms in total. The lowest BCUT2D eigenvalue weighted by Crippen LogP contribution is -2.30. The zero-order valence-electron chi connectivity index (χ0n) is 8.99. The van der Waals surface area contributed by atoms with Crippen molar-refractivity contribution in [2.75, 3.05) is 18.9 Å². The van der Waals surface area contributed by atoms with Crippen molar-refractivity contribution in [2.24, 2.45) is 0 Å². The first kappa shape index (κ1) is 10.7. The van der Waals surface area contributed by atoms with Crippen molar-refractivity contribution in [1.29, 1.82) is 0 Å². The summed E-state index contributed by atoms with van der Waals surface area (Å²) in [6.07, 6.45) is 0.819. The van der Waals surface area contributed by atoms with E-state index in [0.29, 0.717) is 11.1 Å². The second kappa shape index (κ2) is 4.37. The fraction of sp³-hybridized carbons (Fsp3) is 0.600. The molecule has 2 N–H and O–H groups in total. The van der Waals surface area contributed by atoms with Gasteiger partial charge in [-0.1, -0.05) is 18.7 Å². The van der Waals surface area contributed by atoms with E-state index < -0.39 is 0 Å². The summed E-state index contributed by atoms with van der Waals surface area (Å²) in [5.41, 5.74) is 6.83. The summed E-state index contributed by atoms with van der Waals surface area (Å²) in [5, 5.41) is 1.54. The summed E-state index contributed by atoms with van der Waals surface area (Å²) < 4.78 is 5.14. The molecule has 0 bridgehead atoms. The standard InChI is InChI=1S/C10H15N3OS/c1-3-8-12-9(11)6(2)10(13-8)15-7-4-14-5-7/h7H,3-5H2,1-2H3,(H2,11,12,13). The molecule has 0 atom stereocenters. The maximum atomic E-state index is 5.84. The predicted molar refractivity (Wildman–Crippen MR) is 61.0 cm³/mol. The molecule has 0 spiro atoms. The number of rotatable bonds is 3. The smallest absolute Gasteiger partial charge is 0.131 e. The molecule has 2 heterocycles. The molecule has 1 aromatic rings. The first-order valence-corrected chi connectivity index (χ1v) is 5.96. The number of hydrogen-bond acceptors (Lipinski definition) is 5. The van der Waals surface area contributed by atoms with Gasteiger partial charge in [-0.05, 0) is 6.92 Å². The van der Waals surface area contributed by atoms with Gasteiger partial charge in [0.15, 0.2) is 0 Å². The third-order valence-corrected chi connectivity index (χ3v) is 3.61. The van der Waals surface area contributed by atoms with Gasteiger partial charge in [0.05, 0.1) is 18.5 Å². The Kier molecular flexibility index (Phi) is 3.11. The van der Waals surface area contributed by atoms with Gasteiger partial charge in [-0.25, -0.2) is 9.97 Å². The third kappa shape index (κ3) is 2.23. The molecule has 0 aliphatic carbocycles. The molecule has 0 radical (unpaired) electrons. The van der Waals surface area contributed by atoms with Gasteiger partial charge in [-0.15, -0.1) is 0 Å². The minimum absolute atomic E-state index is 0.530. The maximum Gasteiger partial charge on any atom is 0.131 e. The van der Waals surface area contributed by atoms with Crippen LogP contribution in [-0.4, -0.2) is 28.4 Å². The van der Waals surface area contributed by atoms with E-state index in [1.807, 2.05) is 13.8 Å². The number of hydrogen-bond donors (Lipinski definition) is 1. The zero-order chi connectivity index (χ0) is 10.8. The number of nitrogens with two attached hydrogens (primary N) is 1. The SMILES string of the molecule is CCc1nc(N)c(C)c(SC2COC2)n1. The second-order valence-corrected chi connectivity index (χ2v) is 4.88. The summed E-state index contributed by atoms with van der Waals surface area (Å²) in [4.78, 5) is 8.71. The minimum Gasteiger partial charge on any atom is -0.383 e. The number of thioether (sulfide) groups is 1. The largest absolute Gasteiger partial charge is 0.383 e. The summed E-state index contributed by atoms with van der Waals surface area (Å²) in [5.74, 6) is 1.42. The van der Waals surface area contributed by atoms with Crippen molar-refractivity contribution < 1.29 is 4.74 Å². The summed E-state index contributed by atoms with van der Waals surface area (Å²) in [7, 11) is 0. The molecular formula is C10H15N3OS. The average molecular weight is 225 g/mol. The summed E-state index contributed by atoms with van der Waals surface area (Å²) in [6, 6.07) is 0. The van der Waals surface area contributed by atoms with Crippen molar-refractivity contribution in [2.45, 2.75) is 30.5 Å². The number of ether oxygens (including phenoxy) is 1. The van der Waals surface area contributed by atoms with Gasteiger partial charge in [0.1, 0.15) is 16.7 Å². The average Bonchev–Trinajstić information content (AvgIpc) is 2.17. The normalized spacial score (nSPS) is 16.4. The lowest BCUT2D eigenvalue weighted by atomic mass is 10.3. The van der Waals surface area contributed by atoms with Crippen LogP contribution in [0.3, 0.4) is 0 Å². The van der Waals surface area contributed by atoms with Crippen LogP contribution in [0.25, 0.3) is 0 Å². The number of nitrogen functional groups attached to an aromatic ring is 1. The molecular weight excluding hydrogens is 210 g/mol. The monoisotopic (exact) mass is 225 g/mol. The number of nitrogens with zero attached hydrogens (tertiary/aromatic N) is 2. The van der Waals surface area contributed by atoms with Crippen molar-refractivity contribution in [3.63, 3.8) is 0 Å². The van der Waals surface area contributed by atoms with Crippen molar-refractivity contribution in [3.8, 4) is 0 Å². The topological polar surface area (TPSA) is 61.0 Å². The first-order chi connectivity index (χ1) is 7.20. The Bertz CT molecular complexity index is 366. The molecule has 5 heteroatoms. The highest BCUT2D eigenvalue weighted by molar-refractivity contribution is 8.00. The van der Waals surface area contributed by atoms with Gasteiger partial charge in [0.25, 0.3) is 0 Å². The quantitative estimate of drug-likeness (QED) is 0.788. The Morgan fingerprint density at radius 2 is 2.20 bits per heavy atom.